The molecule has 0 aromatic rings. The van der Waals surface area contributed by atoms with Crippen LogP contribution in [0.4, 0.5) is 0 Å². The third kappa shape index (κ3) is 10.4. The van der Waals surface area contributed by atoms with Crippen LogP contribution in [0.15, 0.2) is 0 Å². The van der Waals surface area contributed by atoms with Crippen LogP contribution in [0.25, 0.3) is 0 Å². The van der Waals surface area contributed by atoms with Gasteiger partial charge in [0, 0.05) is 14.6 Å². The lowest BCUT2D eigenvalue weighted by Crippen LogP contribution is -2.29. The average Bonchev–Trinajstić information content (AvgIpc) is 2.36. The number of hydrogen-bond donors (Lipinski definition) is 1. The third-order valence-electron chi connectivity index (χ3n) is 2.74. The van der Waals surface area contributed by atoms with E-state index in [2.05, 4.69) is 0 Å². The minimum atomic E-state index is 0. The van der Waals surface area contributed by atoms with E-state index in [0.717, 1.165) is 18.9 Å². The Kier molecular flexibility index (Phi) is 17.1. The molecule has 1 saturated carbocycles. The lowest BCUT2D eigenvalue weighted by molar-refractivity contribution is 0.164. The van der Waals surface area contributed by atoms with E-state index in [0.29, 0.717) is 0 Å². The Morgan fingerprint density at radius 3 is 2.06 bits per heavy atom. The van der Waals surface area contributed by atoms with Crippen molar-refractivity contribution < 1.29 is 6.16 Å². The van der Waals surface area contributed by atoms with Gasteiger partial charge >= 0.3 is 0 Å². The van der Waals surface area contributed by atoms with Crippen molar-refractivity contribution in [3.63, 3.8) is 0 Å². The zero-order chi connectivity index (χ0) is 12.8. The van der Waals surface area contributed by atoms with Crippen molar-refractivity contribution in [3.05, 3.63) is 0 Å². The average molecular weight is 233 g/mol. The van der Waals surface area contributed by atoms with Gasteiger partial charge in [0.15, 0.2) is 0 Å². The molecule has 2 heteroatoms. The Bertz CT molecular complexity index is 117. The van der Waals surface area contributed by atoms with Crippen molar-refractivity contribution in [1.82, 2.24) is 0 Å². The van der Waals surface area contributed by atoms with Crippen molar-refractivity contribution in [1.29, 1.82) is 0 Å². The summed E-state index contributed by atoms with van der Waals surface area (Å²) >= 11 is 0. The Labute approximate surface area is 104 Å². The molecule has 2 nitrogen and oxygen atoms in total. The van der Waals surface area contributed by atoms with E-state index >= 15 is 0 Å². The molecule has 0 heterocycles. The predicted molar refractivity (Wildman–Crippen MR) is 75.9 cm³/mol. The van der Waals surface area contributed by atoms with Crippen molar-refractivity contribution in [3.8, 4) is 0 Å². The number of ether oxygens (including phenoxy) is 1. The van der Waals surface area contributed by atoms with Crippen LogP contribution in [0, 0.1) is 5.92 Å². The molecule has 2 N–H and O–H groups in total. The van der Waals surface area contributed by atoms with Gasteiger partial charge in [-0.1, -0.05) is 59.8 Å². The van der Waals surface area contributed by atoms with E-state index in [1.807, 2.05) is 27.7 Å². The molecule has 0 aromatic carbocycles. The maximum Gasteiger partial charge on any atom is 0.0613 e. The van der Waals surface area contributed by atoms with Crippen LogP contribution in [0.1, 0.15) is 67.6 Å². The highest BCUT2D eigenvalue weighted by molar-refractivity contribution is 4.71. The molecular formula is C14H35NO. The van der Waals surface area contributed by atoms with Crippen molar-refractivity contribution in [2.24, 2.45) is 11.7 Å². The number of hydrogen-bond acceptors (Lipinski definition) is 2. The summed E-state index contributed by atoms with van der Waals surface area (Å²) in [7, 11) is 1.72. The summed E-state index contributed by atoms with van der Waals surface area (Å²) in [6, 6.07) is 0.262. The van der Waals surface area contributed by atoms with E-state index in [1.165, 1.54) is 32.1 Å². The number of methoxy groups -OCH3 is 1. The van der Waals surface area contributed by atoms with E-state index in [9.17, 15) is 0 Å². The Balaban J connectivity index is -0.000000355. The van der Waals surface area contributed by atoms with Gasteiger partial charge in [0.2, 0.25) is 0 Å². The quantitative estimate of drug-likeness (QED) is 0.788. The lowest BCUT2D eigenvalue weighted by atomic mass is 9.85. The van der Waals surface area contributed by atoms with Crippen LogP contribution in [0.3, 0.4) is 0 Å². The van der Waals surface area contributed by atoms with Gasteiger partial charge in [0.05, 0.1) is 6.61 Å². The van der Waals surface area contributed by atoms with Crippen molar-refractivity contribution in [2.45, 2.75) is 72.3 Å². The molecule has 0 amide bonds. The predicted octanol–water partition coefficient (Wildman–Crippen LogP) is 4.23. The molecule has 102 valence electrons. The van der Waals surface area contributed by atoms with Gasteiger partial charge in [-0.25, -0.2) is 0 Å². The summed E-state index contributed by atoms with van der Waals surface area (Å²) in [5.41, 5.74) is 5.89. The maximum atomic E-state index is 5.89. The second-order valence-corrected chi connectivity index (χ2v) is 3.96. The molecular weight excluding hydrogens is 198 g/mol. The molecule has 0 aliphatic heterocycles. The minimum Gasteiger partial charge on any atom is -0.383 e. The fraction of sp³-hybridized carbons (Fsp3) is 1.00. The van der Waals surface area contributed by atoms with E-state index in [1.54, 1.807) is 7.11 Å². The summed E-state index contributed by atoms with van der Waals surface area (Å²) in [6.07, 6.45) is 8.17. The van der Waals surface area contributed by atoms with Crippen molar-refractivity contribution >= 4 is 0 Å². The normalized spacial score (nSPS) is 17.6. The lowest BCUT2D eigenvalue weighted by Gasteiger charge is -2.24. The molecule has 1 aliphatic carbocycles. The summed E-state index contributed by atoms with van der Waals surface area (Å²) < 4.78 is 5.02. The standard InChI is InChI=1S/C10H21NO.2C2H6.H2/c1-12-8-10(11)7-9-5-3-2-4-6-9;2*1-2;/h9-10H,2-8,11H2,1H3;2*1-2H3;1H/t10-;;;/m0.../s1. The van der Waals surface area contributed by atoms with E-state index in [4.69, 9.17) is 10.5 Å². The third-order valence-corrected chi connectivity index (χ3v) is 2.74. The fourth-order valence-corrected chi connectivity index (χ4v) is 2.13. The van der Waals surface area contributed by atoms with Gasteiger partial charge in [-0.3, -0.25) is 0 Å². The van der Waals surface area contributed by atoms with Gasteiger partial charge < -0.3 is 10.5 Å². The highest BCUT2D eigenvalue weighted by Gasteiger charge is 2.16. The monoisotopic (exact) mass is 233 g/mol. The molecule has 1 atom stereocenters. The van der Waals surface area contributed by atoms with Crippen LogP contribution < -0.4 is 5.73 Å². The van der Waals surface area contributed by atoms with Gasteiger partial charge in [-0.05, 0) is 12.3 Å². The van der Waals surface area contributed by atoms with Gasteiger partial charge in [-0.2, -0.15) is 0 Å². The second-order valence-electron chi connectivity index (χ2n) is 3.96. The first kappa shape index (κ1) is 18.3. The molecule has 0 saturated heterocycles. The molecule has 0 radical (unpaired) electrons. The topological polar surface area (TPSA) is 35.2 Å². The Morgan fingerprint density at radius 1 is 1.12 bits per heavy atom. The van der Waals surface area contributed by atoms with E-state index < -0.39 is 0 Å². The molecule has 16 heavy (non-hydrogen) atoms. The Morgan fingerprint density at radius 2 is 1.62 bits per heavy atom. The molecule has 1 rings (SSSR count). The van der Waals surface area contributed by atoms with Gasteiger partial charge in [0.25, 0.3) is 0 Å². The molecule has 0 unspecified atom stereocenters. The van der Waals surface area contributed by atoms with Gasteiger partial charge in [-0.15, -0.1) is 0 Å². The first-order chi connectivity index (χ1) is 7.83. The first-order valence-corrected chi connectivity index (χ1v) is 7.07. The first-order valence-electron chi connectivity index (χ1n) is 7.07. The zero-order valence-electron chi connectivity index (χ0n) is 12.1. The highest BCUT2D eigenvalue weighted by Crippen LogP contribution is 2.26. The zero-order valence-corrected chi connectivity index (χ0v) is 12.1. The SMILES string of the molecule is CC.CC.COC[C@@H](N)CC1CCCCC1.[HH]. The summed E-state index contributed by atoms with van der Waals surface area (Å²) in [5.74, 6) is 0.879. The highest BCUT2D eigenvalue weighted by atomic mass is 16.5. The Hall–Kier alpha value is -0.0800. The van der Waals surface area contributed by atoms with Crippen LogP contribution in [-0.4, -0.2) is 19.8 Å². The number of nitrogens with two attached hydrogens (primary N) is 1. The van der Waals surface area contributed by atoms with Gasteiger partial charge in [0.1, 0.15) is 0 Å². The smallest absolute Gasteiger partial charge is 0.0613 e. The molecule has 0 bridgehead atoms. The molecule has 1 fully saturated rings. The fourth-order valence-electron chi connectivity index (χ4n) is 2.13. The van der Waals surface area contributed by atoms with Crippen LogP contribution in [0.5, 0.6) is 0 Å². The largest absolute Gasteiger partial charge is 0.383 e. The van der Waals surface area contributed by atoms with E-state index in [-0.39, 0.29) is 7.47 Å². The van der Waals surface area contributed by atoms with Crippen LogP contribution in [0.2, 0.25) is 0 Å². The molecule has 0 spiro atoms. The second kappa shape index (κ2) is 14.9. The summed E-state index contributed by atoms with van der Waals surface area (Å²) in [4.78, 5) is 0. The summed E-state index contributed by atoms with van der Waals surface area (Å²) in [5, 5.41) is 0. The van der Waals surface area contributed by atoms with Crippen molar-refractivity contribution in [2.75, 3.05) is 13.7 Å². The van der Waals surface area contributed by atoms with Crippen LogP contribution in [-0.2, 0) is 4.74 Å². The minimum absolute atomic E-state index is 0. The number of rotatable bonds is 4. The summed E-state index contributed by atoms with van der Waals surface area (Å²) in [6.45, 7) is 8.72. The molecule has 1 aliphatic rings. The molecule has 0 aromatic heterocycles. The maximum absolute atomic E-state index is 5.89. The van der Waals surface area contributed by atoms with Crippen LogP contribution >= 0.6 is 0 Å².